The van der Waals surface area contributed by atoms with E-state index >= 15 is 0 Å². The summed E-state index contributed by atoms with van der Waals surface area (Å²) in [6.45, 7) is 4.94. The molecule has 0 unspecified atom stereocenters. The summed E-state index contributed by atoms with van der Waals surface area (Å²) in [7, 11) is 0. The van der Waals surface area contributed by atoms with Crippen LogP contribution < -0.4 is 5.56 Å². The molecule has 1 aromatic heterocycles. The van der Waals surface area contributed by atoms with Crippen LogP contribution in [0.1, 0.15) is 25.2 Å². The van der Waals surface area contributed by atoms with Crippen molar-refractivity contribution in [3.63, 3.8) is 0 Å². The Hall–Kier alpha value is -1.94. The number of rotatable bonds is 5. The molecule has 1 heterocycles. The zero-order valence-corrected chi connectivity index (χ0v) is 11.3. The molecule has 0 amide bonds. The molecule has 0 radical (unpaired) electrons. The zero-order chi connectivity index (χ0) is 13.7. The lowest BCUT2D eigenvalue weighted by Gasteiger charge is -2.05. The predicted molar refractivity (Wildman–Crippen MR) is 75.0 cm³/mol. The Morgan fingerprint density at radius 1 is 1.21 bits per heavy atom. The second-order valence-electron chi connectivity index (χ2n) is 4.26. The van der Waals surface area contributed by atoms with E-state index in [1.807, 2.05) is 19.1 Å². The maximum Gasteiger partial charge on any atom is 0.251 e. The van der Waals surface area contributed by atoms with Crippen molar-refractivity contribution in [1.29, 1.82) is 0 Å². The van der Waals surface area contributed by atoms with Gasteiger partial charge in [0.2, 0.25) is 0 Å². The van der Waals surface area contributed by atoms with Gasteiger partial charge in [-0.25, -0.2) is 4.98 Å². The van der Waals surface area contributed by atoms with E-state index in [1.54, 1.807) is 0 Å². The maximum absolute atomic E-state index is 11.6. The van der Waals surface area contributed by atoms with Crippen LogP contribution in [-0.2, 0) is 17.8 Å². The second kappa shape index (κ2) is 6.29. The molecule has 0 aliphatic heterocycles. The highest BCUT2D eigenvalue weighted by atomic mass is 16.5. The minimum absolute atomic E-state index is 0.153. The van der Waals surface area contributed by atoms with E-state index < -0.39 is 0 Å². The van der Waals surface area contributed by atoms with E-state index in [-0.39, 0.29) is 5.56 Å². The number of H-pyrrole nitrogens is 1. The van der Waals surface area contributed by atoms with Gasteiger partial charge in [-0.15, -0.1) is 0 Å². The largest absolute Gasteiger partial charge is 0.374 e. The number of hydrogen-bond acceptors (Lipinski definition) is 3. The summed E-state index contributed by atoms with van der Waals surface area (Å²) in [6, 6.07) is 9.60. The summed E-state index contributed by atoms with van der Waals surface area (Å²) in [5, 5.41) is 0. The van der Waals surface area contributed by atoms with Crippen molar-refractivity contribution in [2.75, 3.05) is 6.61 Å². The molecule has 100 valence electrons. The lowest BCUT2D eigenvalue weighted by molar-refractivity contribution is 0.128. The predicted octanol–water partition coefficient (Wildman–Crippen LogP) is 2.54. The fourth-order valence-corrected chi connectivity index (χ4v) is 1.83. The SMILES string of the molecule is CCOCc1nc(-c2ccc(CC)cc2)cc(=O)[nH]1. The third-order valence-corrected chi connectivity index (χ3v) is 2.89. The maximum atomic E-state index is 11.6. The first-order valence-corrected chi connectivity index (χ1v) is 6.50. The Morgan fingerprint density at radius 3 is 2.58 bits per heavy atom. The second-order valence-corrected chi connectivity index (χ2v) is 4.26. The van der Waals surface area contributed by atoms with Crippen LogP contribution in [0.15, 0.2) is 35.1 Å². The van der Waals surface area contributed by atoms with E-state index in [4.69, 9.17) is 4.74 Å². The normalized spacial score (nSPS) is 10.6. The smallest absolute Gasteiger partial charge is 0.251 e. The third-order valence-electron chi connectivity index (χ3n) is 2.89. The highest BCUT2D eigenvalue weighted by molar-refractivity contribution is 5.58. The van der Waals surface area contributed by atoms with Crippen LogP contribution in [0.4, 0.5) is 0 Å². The number of hydrogen-bond donors (Lipinski definition) is 1. The molecule has 2 rings (SSSR count). The van der Waals surface area contributed by atoms with Gasteiger partial charge in [0.15, 0.2) is 0 Å². The van der Waals surface area contributed by atoms with Crippen LogP contribution in [0, 0.1) is 0 Å². The van der Waals surface area contributed by atoms with Crippen LogP contribution in [0.5, 0.6) is 0 Å². The number of benzene rings is 1. The summed E-state index contributed by atoms with van der Waals surface area (Å²) in [5.41, 5.74) is 2.74. The Labute approximate surface area is 112 Å². The van der Waals surface area contributed by atoms with Crippen LogP contribution in [0.25, 0.3) is 11.3 Å². The van der Waals surface area contributed by atoms with E-state index in [1.165, 1.54) is 11.6 Å². The van der Waals surface area contributed by atoms with Gasteiger partial charge >= 0.3 is 0 Å². The van der Waals surface area contributed by atoms with Crippen LogP contribution >= 0.6 is 0 Å². The van der Waals surface area contributed by atoms with Gasteiger partial charge in [-0.1, -0.05) is 31.2 Å². The molecular formula is C15H18N2O2. The van der Waals surface area contributed by atoms with Crippen molar-refractivity contribution in [2.24, 2.45) is 0 Å². The topological polar surface area (TPSA) is 55.0 Å². The molecule has 0 saturated carbocycles. The first-order chi connectivity index (χ1) is 9.22. The van der Waals surface area contributed by atoms with Gasteiger partial charge in [-0.05, 0) is 18.9 Å². The summed E-state index contributed by atoms with van der Waals surface area (Å²) in [5.74, 6) is 0.559. The summed E-state index contributed by atoms with van der Waals surface area (Å²) in [4.78, 5) is 18.7. The van der Waals surface area contributed by atoms with E-state index in [2.05, 4.69) is 29.0 Å². The highest BCUT2D eigenvalue weighted by Gasteiger charge is 2.04. The van der Waals surface area contributed by atoms with Crippen molar-refractivity contribution in [3.8, 4) is 11.3 Å². The molecule has 4 nitrogen and oxygen atoms in total. The summed E-state index contributed by atoms with van der Waals surface area (Å²) in [6.07, 6.45) is 0.999. The van der Waals surface area contributed by atoms with E-state index in [0.29, 0.717) is 24.7 Å². The van der Waals surface area contributed by atoms with Gasteiger partial charge in [0.25, 0.3) is 5.56 Å². The van der Waals surface area contributed by atoms with Crippen LogP contribution in [0.3, 0.4) is 0 Å². The van der Waals surface area contributed by atoms with Crippen molar-refractivity contribution < 1.29 is 4.74 Å². The lowest BCUT2D eigenvalue weighted by atomic mass is 10.1. The van der Waals surface area contributed by atoms with Gasteiger partial charge in [0.05, 0.1) is 5.69 Å². The molecule has 1 N–H and O–H groups in total. The zero-order valence-electron chi connectivity index (χ0n) is 11.3. The van der Waals surface area contributed by atoms with E-state index in [9.17, 15) is 4.79 Å². The molecule has 0 spiro atoms. The minimum atomic E-state index is -0.153. The fraction of sp³-hybridized carbons (Fsp3) is 0.333. The van der Waals surface area contributed by atoms with Gasteiger partial charge in [0, 0.05) is 18.2 Å². The fourth-order valence-electron chi connectivity index (χ4n) is 1.83. The van der Waals surface area contributed by atoms with Crippen molar-refractivity contribution in [1.82, 2.24) is 9.97 Å². The van der Waals surface area contributed by atoms with Gasteiger partial charge < -0.3 is 9.72 Å². The average molecular weight is 258 g/mol. The molecule has 1 aromatic carbocycles. The van der Waals surface area contributed by atoms with Crippen LogP contribution in [-0.4, -0.2) is 16.6 Å². The molecule has 0 atom stereocenters. The summed E-state index contributed by atoms with van der Waals surface area (Å²) >= 11 is 0. The number of aromatic amines is 1. The summed E-state index contributed by atoms with van der Waals surface area (Å²) < 4.78 is 5.27. The average Bonchev–Trinajstić information content (AvgIpc) is 2.44. The van der Waals surface area contributed by atoms with Crippen molar-refractivity contribution in [2.45, 2.75) is 26.9 Å². The number of aryl methyl sites for hydroxylation is 1. The third kappa shape index (κ3) is 3.51. The van der Waals surface area contributed by atoms with Crippen LogP contribution in [0.2, 0.25) is 0 Å². The molecule has 0 aliphatic carbocycles. The quantitative estimate of drug-likeness (QED) is 0.896. The Morgan fingerprint density at radius 2 is 1.95 bits per heavy atom. The first-order valence-electron chi connectivity index (χ1n) is 6.50. The van der Waals surface area contributed by atoms with Gasteiger partial charge in [-0.2, -0.15) is 0 Å². The molecular weight excluding hydrogens is 240 g/mol. The molecule has 0 saturated heterocycles. The Bertz CT molecular complexity index is 588. The first kappa shape index (κ1) is 13.5. The Kier molecular flexibility index (Phi) is 4.47. The Balaban J connectivity index is 2.32. The molecule has 0 bridgehead atoms. The van der Waals surface area contributed by atoms with Gasteiger partial charge in [-0.3, -0.25) is 4.79 Å². The number of nitrogens with one attached hydrogen (secondary N) is 1. The molecule has 2 aromatic rings. The molecule has 19 heavy (non-hydrogen) atoms. The molecule has 4 heteroatoms. The monoisotopic (exact) mass is 258 g/mol. The standard InChI is InChI=1S/C15H18N2O2/c1-3-11-5-7-12(8-6-11)13-9-15(18)17-14(16-13)10-19-4-2/h5-9H,3-4,10H2,1-2H3,(H,16,17,18). The molecule has 0 aliphatic rings. The minimum Gasteiger partial charge on any atom is -0.374 e. The lowest BCUT2D eigenvalue weighted by Crippen LogP contribution is -2.12. The molecule has 0 fully saturated rings. The number of ether oxygens (including phenoxy) is 1. The number of nitrogens with zero attached hydrogens (tertiary/aromatic N) is 1. The van der Waals surface area contributed by atoms with Crippen molar-refractivity contribution in [3.05, 3.63) is 52.1 Å². The highest BCUT2D eigenvalue weighted by Crippen LogP contribution is 2.16. The number of aromatic nitrogens is 2. The van der Waals surface area contributed by atoms with Gasteiger partial charge in [0.1, 0.15) is 12.4 Å². The van der Waals surface area contributed by atoms with Crippen molar-refractivity contribution >= 4 is 0 Å². The van der Waals surface area contributed by atoms with E-state index in [0.717, 1.165) is 12.0 Å².